The third-order valence-electron chi connectivity index (χ3n) is 3.22. The second-order valence-electron chi connectivity index (χ2n) is 4.42. The van der Waals surface area contributed by atoms with Crippen LogP contribution < -0.4 is 5.32 Å². The fourth-order valence-electron chi connectivity index (χ4n) is 1.93. The zero-order valence-electron chi connectivity index (χ0n) is 9.38. The molecule has 3 nitrogen and oxygen atoms in total. The van der Waals surface area contributed by atoms with Crippen LogP contribution in [0.5, 0.6) is 0 Å². The lowest BCUT2D eigenvalue weighted by Gasteiger charge is -2.35. The summed E-state index contributed by atoms with van der Waals surface area (Å²) in [5.41, 5.74) is 0.0940. The molecule has 2 N–H and O–H groups in total. The van der Waals surface area contributed by atoms with Gasteiger partial charge >= 0.3 is 0 Å². The predicted octanol–water partition coefficient (Wildman–Crippen LogP) is 1.31. The highest BCUT2D eigenvalue weighted by atomic mass is 16.5. The smallest absolute Gasteiger partial charge is 0.0480 e. The van der Waals surface area contributed by atoms with Crippen molar-refractivity contribution in [2.45, 2.75) is 51.1 Å². The molecular formula is C11H23NO2. The first-order chi connectivity index (χ1) is 6.70. The Bertz CT molecular complexity index is 157. The van der Waals surface area contributed by atoms with Gasteiger partial charge in [-0.2, -0.15) is 0 Å². The number of nitrogens with one attached hydrogen (secondary N) is 1. The van der Waals surface area contributed by atoms with Gasteiger partial charge < -0.3 is 15.2 Å². The summed E-state index contributed by atoms with van der Waals surface area (Å²) in [6, 6.07) is 0.570. The minimum Gasteiger partial charge on any atom is -0.396 e. The number of aliphatic hydroxyl groups is 1. The first-order valence-electron chi connectivity index (χ1n) is 5.66. The molecule has 0 radical (unpaired) electrons. The van der Waals surface area contributed by atoms with Gasteiger partial charge in [0, 0.05) is 31.4 Å². The molecule has 3 heteroatoms. The van der Waals surface area contributed by atoms with Gasteiger partial charge in [0.1, 0.15) is 0 Å². The normalized spacial score (nSPS) is 23.4. The summed E-state index contributed by atoms with van der Waals surface area (Å²) in [5.74, 6) is 0. The highest BCUT2D eigenvalue weighted by molar-refractivity contribution is 4.86. The van der Waals surface area contributed by atoms with Crippen LogP contribution in [0.2, 0.25) is 0 Å². The van der Waals surface area contributed by atoms with Crippen molar-refractivity contribution in [3.63, 3.8) is 0 Å². The summed E-state index contributed by atoms with van der Waals surface area (Å²) in [4.78, 5) is 0. The maximum atomic E-state index is 9.00. The molecule has 0 aliphatic carbocycles. The summed E-state index contributed by atoms with van der Waals surface area (Å²) in [6.45, 7) is 6.37. The van der Waals surface area contributed by atoms with Gasteiger partial charge in [-0.25, -0.2) is 0 Å². The zero-order valence-corrected chi connectivity index (χ0v) is 9.38. The molecule has 1 aliphatic rings. The van der Waals surface area contributed by atoms with Gasteiger partial charge in [-0.15, -0.1) is 0 Å². The molecule has 1 saturated heterocycles. The molecule has 84 valence electrons. The molecule has 1 fully saturated rings. The molecule has 0 amide bonds. The van der Waals surface area contributed by atoms with E-state index in [0.717, 1.165) is 38.9 Å². The van der Waals surface area contributed by atoms with E-state index in [1.54, 1.807) is 0 Å². The van der Waals surface area contributed by atoms with Gasteiger partial charge in [0.05, 0.1) is 0 Å². The number of hydrogen-bond donors (Lipinski definition) is 2. The van der Waals surface area contributed by atoms with Crippen LogP contribution in [0.1, 0.15) is 39.5 Å². The summed E-state index contributed by atoms with van der Waals surface area (Å²) in [5, 5.41) is 12.6. The monoisotopic (exact) mass is 201 g/mol. The second-order valence-corrected chi connectivity index (χ2v) is 4.42. The van der Waals surface area contributed by atoms with Gasteiger partial charge in [-0.05, 0) is 32.6 Å². The van der Waals surface area contributed by atoms with Crippen molar-refractivity contribution in [1.82, 2.24) is 5.32 Å². The van der Waals surface area contributed by atoms with E-state index in [1.165, 1.54) is 0 Å². The van der Waals surface area contributed by atoms with Crippen LogP contribution in [0.25, 0.3) is 0 Å². The van der Waals surface area contributed by atoms with E-state index in [0.29, 0.717) is 6.04 Å². The largest absolute Gasteiger partial charge is 0.396 e. The topological polar surface area (TPSA) is 41.5 Å². The lowest BCUT2D eigenvalue weighted by molar-refractivity contribution is 0.0654. The van der Waals surface area contributed by atoms with Gasteiger partial charge in [0.25, 0.3) is 0 Å². The SMILES string of the molecule is CCC(C)(CCO)NC1CCOCC1. The average molecular weight is 201 g/mol. The van der Waals surface area contributed by atoms with Crippen LogP contribution in [0.4, 0.5) is 0 Å². The average Bonchev–Trinajstić information content (AvgIpc) is 2.20. The van der Waals surface area contributed by atoms with Crippen molar-refractivity contribution in [1.29, 1.82) is 0 Å². The molecule has 1 unspecified atom stereocenters. The Morgan fingerprint density at radius 3 is 2.57 bits per heavy atom. The quantitative estimate of drug-likeness (QED) is 0.704. The molecule has 0 saturated carbocycles. The molecule has 1 heterocycles. The molecule has 1 aliphatic heterocycles. The van der Waals surface area contributed by atoms with Gasteiger partial charge in [-0.1, -0.05) is 6.92 Å². The van der Waals surface area contributed by atoms with Crippen molar-refractivity contribution >= 4 is 0 Å². The van der Waals surface area contributed by atoms with Crippen molar-refractivity contribution in [2.75, 3.05) is 19.8 Å². The maximum Gasteiger partial charge on any atom is 0.0480 e. The van der Waals surface area contributed by atoms with Crippen LogP contribution in [0.3, 0.4) is 0 Å². The third-order valence-corrected chi connectivity index (χ3v) is 3.22. The number of ether oxygens (including phenoxy) is 1. The van der Waals surface area contributed by atoms with E-state index < -0.39 is 0 Å². The van der Waals surface area contributed by atoms with Gasteiger partial charge in [0.2, 0.25) is 0 Å². The van der Waals surface area contributed by atoms with Crippen molar-refractivity contribution in [2.24, 2.45) is 0 Å². The predicted molar refractivity (Wildman–Crippen MR) is 57.4 cm³/mol. The number of hydrogen-bond acceptors (Lipinski definition) is 3. The Morgan fingerprint density at radius 1 is 1.43 bits per heavy atom. The van der Waals surface area contributed by atoms with E-state index in [-0.39, 0.29) is 12.1 Å². The Labute approximate surface area is 86.8 Å². The van der Waals surface area contributed by atoms with Crippen LogP contribution in [-0.4, -0.2) is 36.5 Å². The first kappa shape index (κ1) is 12.0. The van der Waals surface area contributed by atoms with E-state index in [2.05, 4.69) is 19.2 Å². The van der Waals surface area contributed by atoms with Crippen molar-refractivity contribution in [3.05, 3.63) is 0 Å². The van der Waals surface area contributed by atoms with E-state index in [4.69, 9.17) is 9.84 Å². The van der Waals surface area contributed by atoms with Gasteiger partial charge in [0.15, 0.2) is 0 Å². The number of aliphatic hydroxyl groups excluding tert-OH is 1. The molecule has 0 aromatic heterocycles. The van der Waals surface area contributed by atoms with Gasteiger partial charge in [-0.3, -0.25) is 0 Å². The molecule has 1 rings (SSSR count). The second kappa shape index (κ2) is 5.69. The minimum absolute atomic E-state index is 0.0940. The molecule has 0 aromatic rings. The summed E-state index contributed by atoms with van der Waals surface area (Å²) in [7, 11) is 0. The zero-order chi connectivity index (χ0) is 10.4. The summed E-state index contributed by atoms with van der Waals surface area (Å²) >= 11 is 0. The Morgan fingerprint density at radius 2 is 2.07 bits per heavy atom. The van der Waals surface area contributed by atoms with Crippen LogP contribution in [0, 0.1) is 0 Å². The van der Waals surface area contributed by atoms with Crippen LogP contribution >= 0.6 is 0 Å². The highest BCUT2D eigenvalue weighted by Crippen LogP contribution is 2.18. The lowest BCUT2D eigenvalue weighted by atomic mass is 9.92. The lowest BCUT2D eigenvalue weighted by Crippen LogP contribution is -2.50. The number of rotatable bonds is 5. The fraction of sp³-hybridized carbons (Fsp3) is 1.00. The molecular weight excluding hydrogens is 178 g/mol. The molecule has 1 atom stereocenters. The third kappa shape index (κ3) is 3.56. The van der Waals surface area contributed by atoms with E-state index in [1.807, 2.05) is 0 Å². The highest BCUT2D eigenvalue weighted by Gasteiger charge is 2.25. The molecule has 0 aromatic carbocycles. The molecule has 0 spiro atoms. The molecule has 14 heavy (non-hydrogen) atoms. The Hall–Kier alpha value is -0.120. The summed E-state index contributed by atoms with van der Waals surface area (Å²) < 4.78 is 5.32. The van der Waals surface area contributed by atoms with Crippen molar-refractivity contribution in [3.8, 4) is 0 Å². The van der Waals surface area contributed by atoms with Crippen molar-refractivity contribution < 1.29 is 9.84 Å². The van der Waals surface area contributed by atoms with Crippen LogP contribution in [0.15, 0.2) is 0 Å². The van der Waals surface area contributed by atoms with E-state index >= 15 is 0 Å². The standard InChI is InChI=1S/C11H23NO2/c1-3-11(2,6-7-13)12-10-4-8-14-9-5-10/h10,12-13H,3-9H2,1-2H3. The van der Waals surface area contributed by atoms with E-state index in [9.17, 15) is 0 Å². The maximum absolute atomic E-state index is 9.00. The summed E-state index contributed by atoms with van der Waals surface area (Å²) in [6.07, 6.45) is 4.09. The van der Waals surface area contributed by atoms with Crippen LogP contribution in [-0.2, 0) is 4.74 Å². The Balaban J connectivity index is 2.37. The first-order valence-corrected chi connectivity index (χ1v) is 5.66. The molecule has 0 bridgehead atoms. The Kier molecular flexibility index (Phi) is 4.85. The minimum atomic E-state index is 0.0940. The fourth-order valence-corrected chi connectivity index (χ4v) is 1.93.